The molecule has 2 aromatic carbocycles. The number of carbonyl (C=O) groups excluding carboxylic acids is 1. The van der Waals surface area contributed by atoms with Crippen molar-refractivity contribution in [3.05, 3.63) is 52.6 Å². The van der Waals surface area contributed by atoms with Crippen molar-refractivity contribution in [2.75, 3.05) is 76.3 Å². The summed E-state index contributed by atoms with van der Waals surface area (Å²) in [5.74, 6) is 1.17. The normalized spacial score (nSPS) is 17.4. The largest absolute Gasteiger partial charge is 0.495 e. The van der Waals surface area contributed by atoms with Gasteiger partial charge in [-0.05, 0) is 62.7 Å². The molecule has 33 heavy (non-hydrogen) atoms. The molecule has 2 aliphatic heterocycles. The topological polar surface area (TPSA) is 39.3 Å². The van der Waals surface area contributed by atoms with Crippen molar-refractivity contribution in [3.63, 3.8) is 0 Å². The molecule has 4 rings (SSSR count). The fourth-order valence-corrected chi connectivity index (χ4v) is 5.14. The molecule has 0 spiro atoms. The Kier molecular flexibility index (Phi) is 7.13. The standard InChI is InChI=1S/C27H38N4O2/c1-20-16-21(2)24(22(3)17-20)19-27(32)31-14-12-29(13-15-31)23-6-7-26(33-5)25(18-23)30-10-8-28(4)9-11-30/h6-7,16-18H,8-15,19H2,1-5H3. The number of carbonyl (C=O) groups is 1. The second kappa shape index (κ2) is 10.0. The van der Waals surface area contributed by atoms with Gasteiger partial charge in [0.2, 0.25) is 5.91 Å². The molecular weight excluding hydrogens is 412 g/mol. The maximum Gasteiger partial charge on any atom is 0.227 e. The molecule has 0 N–H and O–H groups in total. The highest BCUT2D eigenvalue weighted by Gasteiger charge is 2.24. The van der Waals surface area contributed by atoms with Crippen molar-refractivity contribution in [1.29, 1.82) is 0 Å². The van der Waals surface area contributed by atoms with Gasteiger partial charge >= 0.3 is 0 Å². The van der Waals surface area contributed by atoms with E-state index in [0.29, 0.717) is 6.42 Å². The maximum atomic E-state index is 13.1. The zero-order valence-electron chi connectivity index (χ0n) is 20.9. The molecule has 6 heteroatoms. The van der Waals surface area contributed by atoms with E-state index in [1.54, 1.807) is 7.11 Å². The molecule has 6 nitrogen and oxygen atoms in total. The molecule has 2 heterocycles. The van der Waals surface area contributed by atoms with Crippen molar-refractivity contribution in [1.82, 2.24) is 9.80 Å². The lowest BCUT2D eigenvalue weighted by atomic mass is 9.97. The van der Waals surface area contributed by atoms with E-state index >= 15 is 0 Å². The summed E-state index contributed by atoms with van der Waals surface area (Å²) in [6, 6.07) is 10.9. The predicted molar refractivity (Wildman–Crippen MR) is 136 cm³/mol. The van der Waals surface area contributed by atoms with E-state index in [4.69, 9.17) is 4.74 Å². The Labute approximate surface area is 198 Å². The SMILES string of the molecule is COc1ccc(N2CCN(C(=O)Cc3c(C)cc(C)cc3C)CC2)cc1N1CCN(C)CC1. The number of ether oxygens (including phenoxy) is 1. The zero-order chi connectivity index (χ0) is 23.5. The monoisotopic (exact) mass is 450 g/mol. The van der Waals surface area contributed by atoms with Crippen LogP contribution in [-0.4, -0.2) is 82.2 Å². The lowest BCUT2D eigenvalue weighted by Crippen LogP contribution is -2.49. The van der Waals surface area contributed by atoms with E-state index in [9.17, 15) is 4.79 Å². The van der Waals surface area contributed by atoms with Crippen LogP contribution >= 0.6 is 0 Å². The third kappa shape index (κ3) is 5.27. The second-order valence-electron chi connectivity index (χ2n) is 9.57. The third-order valence-electron chi connectivity index (χ3n) is 7.17. The van der Waals surface area contributed by atoms with Crippen LogP contribution in [0.15, 0.2) is 30.3 Å². The molecule has 0 bridgehead atoms. The van der Waals surface area contributed by atoms with Crippen molar-refractivity contribution < 1.29 is 9.53 Å². The molecule has 1 amide bonds. The molecule has 0 aromatic heterocycles. The van der Waals surface area contributed by atoms with Crippen molar-refractivity contribution in [3.8, 4) is 5.75 Å². The molecule has 2 aliphatic rings. The first-order valence-electron chi connectivity index (χ1n) is 12.1. The average molecular weight is 451 g/mol. The smallest absolute Gasteiger partial charge is 0.227 e. The number of likely N-dealkylation sites (N-methyl/N-ethyl adjacent to an activating group) is 1. The summed E-state index contributed by atoms with van der Waals surface area (Å²) in [4.78, 5) is 22.3. The molecule has 0 atom stereocenters. The van der Waals surface area contributed by atoms with E-state index in [-0.39, 0.29) is 5.91 Å². The number of piperazine rings is 2. The second-order valence-corrected chi connectivity index (χ2v) is 9.57. The zero-order valence-corrected chi connectivity index (χ0v) is 20.9. The highest BCUT2D eigenvalue weighted by atomic mass is 16.5. The summed E-state index contributed by atoms with van der Waals surface area (Å²) in [5.41, 5.74) is 7.25. The number of methoxy groups -OCH3 is 1. The molecule has 2 fully saturated rings. The molecule has 0 saturated carbocycles. The Balaban J connectivity index is 1.40. The van der Waals surface area contributed by atoms with Crippen LogP contribution in [0.25, 0.3) is 0 Å². The van der Waals surface area contributed by atoms with Gasteiger partial charge in [0.25, 0.3) is 0 Å². The van der Waals surface area contributed by atoms with Crippen LogP contribution in [0.5, 0.6) is 5.75 Å². The van der Waals surface area contributed by atoms with Gasteiger partial charge in [-0.3, -0.25) is 4.79 Å². The van der Waals surface area contributed by atoms with Crippen molar-refractivity contribution >= 4 is 17.3 Å². The summed E-state index contributed by atoms with van der Waals surface area (Å²) >= 11 is 0. The number of amides is 1. The number of hydrogen-bond donors (Lipinski definition) is 0. The number of rotatable bonds is 5. The molecule has 0 aliphatic carbocycles. The minimum Gasteiger partial charge on any atom is -0.495 e. The molecule has 0 radical (unpaired) electrons. The number of aryl methyl sites for hydroxylation is 3. The summed E-state index contributed by atoms with van der Waals surface area (Å²) in [6.07, 6.45) is 0.494. The van der Waals surface area contributed by atoms with Gasteiger partial charge < -0.3 is 24.3 Å². The Hall–Kier alpha value is -2.73. The first kappa shape index (κ1) is 23.4. The van der Waals surface area contributed by atoms with E-state index in [1.807, 2.05) is 4.90 Å². The highest BCUT2D eigenvalue weighted by molar-refractivity contribution is 5.80. The molecule has 2 saturated heterocycles. The van der Waals surface area contributed by atoms with Crippen LogP contribution in [0.1, 0.15) is 22.3 Å². The number of benzene rings is 2. The molecule has 0 unspecified atom stereocenters. The minimum absolute atomic E-state index is 0.234. The molecular formula is C27H38N4O2. The fourth-order valence-electron chi connectivity index (χ4n) is 5.14. The van der Waals surface area contributed by atoms with E-state index in [1.165, 1.54) is 33.6 Å². The van der Waals surface area contributed by atoms with Gasteiger partial charge in [0.05, 0.1) is 19.2 Å². The Morgan fingerprint density at radius 3 is 2.06 bits per heavy atom. The Morgan fingerprint density at radius 1 is 0.848 bits per heavy atom. The fraction of sp³-hybridized carbons (Fsp3) is 0.519. The van der Waals surface area contributed by atoms with Crippen LogP contribution in [0.4, 0.5) is 11.4 Å². The molecule has 178 valence electrons. The summed E-state index contributed by atoms with van der Waals surface area (Å²) < 4.78 is 5.67. The van der Waals surface area contributed by atoms with E-state index in [2.05, 4.69) is 72.9 Å². The van der Waals surface area contributed by atoms with Crippen LogP contribution < -0.4 is 14.5 Å². The number of hydrogen-bond acceptors (Lipinski definition) is 5. The van der Waals surface area contributed by atoms with Crippen LogP contribution in [0.3, 0.4) is 0 Å². The minimum atomic E-state index is 0.234. The highest BCUT2D eigenvalue weighted by Crippen LogP contribution is 2.34. The summed E-state index contributed by atoms with van der Waals surface area (Å²) in [6.45, 7) is 13.7. The van der Waals surface area contributed by atoms with Crippen molar-refractivity contribution in [2.45, 2.75) is 27.2 Å². The van der Waals surface area contributed by atoms with Crippen molar-refractivity contribution in [2.24, 2.45) is 0 Å². The lowest BCUT2D eigenvalue weighted by molar-refractivity contribution is -0.130. The van der Waals surface area contributed by atoms with E-state index < -0.39 is 0 Å². The number of nitrogens with zero attached hydrogens (tertiary/aromatic N) is 4. The van der Waals surface area contributed by atoms with Gasteiger partial charge in [-0.1, -0.05) is 17.7 Å². The van der Waals surface area contributed by atoms with E-state index in [0.717, 1.165) is 58.1 Å². The van der Waals surface area contributed by atoms with Gasteiger partial charge in [0.15, 0.2) is 0 Å². The first-order valence-corrected chi connectivity index (χ1v) is 12.1. The third-order valence-corrected chi connectivity index (χ3v) is 7.17. The molecule has 2 aromatic rings. The Morgan fingerprint density at radius 2 is 1.45 bits per heavy atom. The van der Waals surface area contributed by atoms with Crippen LogP contribution in [-0.2, 0) is 11.2 Å². The number of anilines is 2. The average Bonchev–Trinajstić information content (AvgIpc) is 2.81. The van der Waals surface area contributed by atoms with Gasteiger partial charge in [-0.25, -0.2) is 0 Å². The maximum absolute atomic E-state index is 13.1. The summed E-state index contributed by atoms with van der Waals surface area (Å²) in [7, 11) is 3.92. The van der Waals surface area contributed by atoms with Crippen LogP contribution in [0, 0.1) is 20.8 Å². The van der Waals surface area contributed by atoms with Gasteiger partial charge in [-0.2, -0.15) is 0 Å². The van der Waals surface area contributed by atoms with Gasteiger partial charge in [0, 0.05) is 58.0 Å². The lowest BCUT2D eigenvalue weighted by Gasteiger charge is -2.38. The van der Waals surface area contributed by atoms with Gasteiger partial charge in [-0.15, -0.1) is 0 Å². The first-order chi connectivity index (χ1) is 15.9. The quantitative estimate of drug-likeness (QED) is 0.699. The van der Waals surface area contributed by atoms with Crippen LogP contribution in [0.2, 0.25) is 0 Å². The Bertz CT molecular complexity index is 967. The summed E-state index contributed by atoms with van der Waals surface area (Å²) in [5, 5.41) is 0. The predicted octanol–water partition coefficient (Wildman–Crippen LogP) is 3.26. The van der Waals surface area contributed by atoms with Gasteiger partial charge in [0.1, 0.15) is 5.75 Å².